The molecule has 0 amide bonds. The molecule has 3 rings (SSSR count). The number of aliphatic hydroxyl groups is 1. The minimum Gasteiger partial charge on any atom is -0.416 e. The summed E-state index contributed by atoms with van der Waals surface area (Å²) in [6.45, 7) is 12.8. The van der Waals surface area contributed by atoms with E-state index < -0.39 is 8.32 Å². The lowest BCUT2D eigenvalue weighted by atomic mass is 9.36. The number of rotatable bonds is 4. The summed E-state index contributed by atoms with van der Waals surface area (Å²) in [7, 11) is -1.57. The quantitative estimate of drug-likeness (QED) is 0.767. The first-order valence-corrected chi connectivity index (χ1v) is 9.30. The molecule has 0 aromatic rings. The maximum Gasteiger partial charge on any atom is 0.192 e. The van der Waals surface area contributed by atoms with Gasteiger partial charge < -0.3 is 9.53 Å². The summed E-state index contributed by atoms with van der Waals surface area (Å²) < 4.78 is 6.29. The second kappa shape index (κ2) is 3.33. The second-order valence-electron chi connectivity index (χ2n) is 7.74. The fourth-order valence-electron chi connectivity index (χ4n) is 3.10. The van der Waals surface area contributed by atoms with Crippen molar-refractivity contribution >= 4 is 8.32 Å². The Labute approximate surface area is 101 Å². The number of hydrogen-bond acceptors (Lipinski definition) is 2. The zero-order valence-electron chi connectivity index (χ0n) is 11.4. The monoisotopic (exact) mass is 242 g/mol. The number of aliphatic hydroxyl groups excluding tert-OH is 1. The zero-order chi connectivity index (χ0) is 12.2. The molecule has 3 saturated carbocycles. The first-order chi connectivity index (χ1) is 7.14. The van der Waals surface area contributed by atoms with Crippen LogP contribution in [0.3, 0.4) is 0 Å². The van der Waals surface area contributed by atoms with Crippen LogP contribution in [0.5, 0.6) is 0 Å². The Hall–Kier alpha value is 0.137. The molecular weight excluding hydrogens is 216 g/mol. The van der Waals surface area contributed by atoms with Gasteiger partial charge in [0, 0.05) is 13.2 Å². The predicted octanol–water partition coefficient (Wildman–Crippen LogP) is 3.17. The lowest BCUT2D eigenvalue weighted by Crippen LogP contribution is -2.66. The Balaban J connectivity index is 1.82. The van der Waals surface area contributed by atoms with Crippen molar-refractivity contribution in [3.05, 3.63) is 0 Å². The molecule has 0 aromatic heterocycles. The summed E-state index contributed by atoms with van der Waals surface area (Å²) in [5, 5.41) is 9.53. The van der Waals surface area contributed by atoms with Crippen molar-refractivity contribution in [3.63, 3.8) is 0 Å². The maximum atomic E-state index is 9.22. The SMILES string of the molecule is CC(C)(C)[Si](C)(C)OCC12CC(CO)(C1)C2. The first kappa shape index (κ1) is 12.6. The smallest absolute Gasteiger partial charge is 0.192 e. The minimum atomic E-state index is -1.57. The Bertz CT molecular complexity index is 271. The van der Waals surface area contributed by atoms with E-state index in [-0.39, 0.29) is 0 Å². The molecule has 0 aliphatic heterocycles. The van der Waals surface area contributed by atoms with E-state index in [0.29, 0.717) is 22.5 Å². The third-order valence-electron chi connectivity index (χ3n) is 5.13. The Morgan fingerprint density at radius 2 is 1.62 bits per heavy atom. The molecule has 3 aliphatic rings. The van der Waals surface area contributed by atoms with Gasteiger partial charge in [-0.3, -0.25) is 0 Å². The van der Waals surface area contributed by atoms with E-state index in [2.05, 4.69) is 33.9 Å². The van der Waals surface area contributed by atoms with Gasteiger partial charge in [0.25, 0.3) is 0 Å². The largest absolute Gasteiger partial charge is 0.416 e. The van der Waals surface area contributed by atoms with Crippen molar-refractivity contribution in [2.45, 2.75) is 58.2 Å². The van der Waals surface area contributed by atoms with Gasteiger partial charge in [-0.25, -0.2) is 0 Å². The third-order valence-corrected chi connectivity index (χ3v) is 9.61. The highest BCUT2D eigenvalue weighted by atomic mass is 28.4. The molecule has 94 valence electrons. The fraction of sp³-hybridized carbons (Fsp3) is 1.00. The van der Waals surface area contributed by atoms with Crippen LogP contribution in [0.25, 0.3) is 0 Å². The second-order valence-corrected chi connectivity index (χ2v) is 12.5. The van der Waals surface area contributed by atoms with Crippen LogP contribution in [0, 0.1) is 10.8 Å². The Morgan fingerprint density at radius 1 is 1.12 bits per heavy atom. The minimum absolute atomic E-state index is 0.311. The summed E-state index contributed by atoms with van der Waals surface area (Å²) in [6.07, 6.45) is 3.60. The molecule has 0 saturated heterocycles. The van der Waals surface area contributed by atoms with Crippen molar-refractivity contribution in [1.29, 1.82) is 0 Å². The summed E-state index contributed by atoms with van der Waals surface area (Å²) in [5.74, 6) is 0. The van der Waals surface area contributed by atoms with Crippen LogP contribution in [0.4, 0.5) is 0 Å². The van der Waals surface area contributed by atoms with Crippen molar-refractivity contribution in [1.82, 2.24) is 0 Å². The molecule has 0 heterocycles. The standard InChI is InChI=1S/C13H26O2Si/c1-11(2,3)16(4,5)15-10-13-6-12(7-13,8-13)9-14/h14H,6-10H2,1-5H3. The normalized spacial score (nSPS) is 37.9. The van der Waals surface area contributed by atoms with E-state index in [1.54, 1.807) is 0 Å². The van der Waals surface area contributed by atoms with Gasteiger partial charge in [-0.15, -0.1) is 0 Å². The molecule has 0 radical (unpaired) electrons. The van der Waals surface area contributed by atoms with Crippen molar-refractivity contribution in [3.8, 4) is 0 Å². The maximum absolute atomic E-state index is 9.22. The van der Waals surface area contributed by atoms with Gasteiger partial charge in [-0.2, -0.15) is 0 Å². The van der Waals surface area contributed by atoms with Crippen LogP contribution < -0.4 is 0 Å². The van der Waals surface area contributed by atoms with Crippen molar-refractivity contribution in [2.75, 3.05) is 13.2 Å². The summed E-state index contributed by atoms with van der Waals surface area (Å²) in [5.41, 5.74) is 0.773. The molecule has 3 heteroatoms. The Morgan fingerprint density at radius 3 is 2.00 bits per heavy atom. The molecule has 0 atom stereocenters. The highest BCUT2D eigenvalue weighted by molar-refractivity contribution is 6.74. The molecule has 2 nitrogen and oxygen atoms in total. The van der Waals surface area contributed by atoms with Gasteiger partial charge in [-0.05, 0) is 48.2 Å². The molecule has 3 aliphatic carbocycles. The van der Waals surface area contributed by atoms with Crippen LogP contribution in [0.1, 0.15) is 40.0 Å². The summed E-state index contributed by atoms with van der Waals surface area (Å²) >= 11 is 0. The van der Waals surface area contributed by atoms with Gasteiger partial charge in [-0.1, -0.05) is 20.8 Å². The van der Waals surface area contributed by atoms with Gasteiger partial charge in [0.15, 0.2) is 8.32 Å². The van der Waals surface area contributed by atoms with E-state index in [0.717, 1.165) is 6.61 Å². The van der Waals surface area contributed by atoms with Crippen LogP contribution in [0.15, 0.2) is 0 Å². The molecule has 1 N–H and O–H groups in total. The van der Waals surface area contributed by atoms with Gasteiger partial charge in [0.1, 0.15) is 0 Å². The van der Waals surface area contributed by atoms with Crippen LogP contribution in [-0.4, -0.2) is 26.6 Å². The van der Waals surface area contributed by atoms with Gasteiger partial charge in [0.05, 0.1) is 0 Å². The van der Waals surface area contributed by atoms with Crippen LogP contribution in [0.2, 0.25) is 18.1 Å². The molecule has 0 unspecified atom stereocenters. The van der Waals surface area contributed by atoms with E-state index >= 15 is 0 Å². The van der Waals surface area contributed by atoms with Crippen molar-refractivity contribution < 1.29 is 9.53 Å². The zero-order valence-corrected chi connectivity index (χ0v) is 12.4. The van der Waals surface area contributed by atoms with Crippen molar-refractivity contribution in [2.24, 2.45) is 10.8 Å². The Kier molecular flexibility index (Phi) is 2.62. The molecular formula is C13H26O2Si. The van der Waals surface area contributed by atoms with E-state index in [1.807, 2.05) is 0 Å². The van der Waals surface area contributed by atoms with E-state index in [4.69, 9.17) is 4.43 Å². The van der Waals surface area contributed by atoms with Gasteiger partial charge >= 0.3 is 0 Å². The number of hydrogen-bond donors (Lipinski definition) is 1. The average Bonchev–Trinajstić information content (AvgIpc) is 1.97. The van der Waals surface area contributed by atoms with E-state index in [1.165, 1.54) is 19.3 Å². The molecule has 3 fully saturated rings. The third kappa shape index (κ3) is 1.77. The van der Waals surface area contributed by atoms with E-state index in [9.17, 15) is 5.11 Å². The average molecular weight is 242 g/mol. The summed E-state index contributed by atoms with van der Waals surface area (Å²) in [4.78, 5) is 0. The van der Waals surface area contributed by atoms with Crippen LogP contribution in [-0.2, 0) is 4.43 Å². The topological polar surface area (TPSA) is 29.5 Å². The lowest BCUT2D eigenvalue weighted by molar-refractivity contribution is -0.237. The summed E-state index contributed by atoms with van der Waals surface area (Å²) in [6, 6.07) is 0. The first-order valence-electron chi connectivity index (χ1n) is 6.39. The predicted molar refractivity (Wildman–Crippen MR) is 69.0 cm³/mol. The highest BCUT2D eigenvalue weighted by Gasteiger charge is 2.67. The molecule has 0 spiro atoms. The van der Waals surface area contributed by atoms with Gasteiger partial charge in [0.2, 0.25) is 0 Å². The lowest BCUT2D eigenvalue weighted by Gasteiger charge is -2.70. The molecule has 16 heavy (non-hydrogen) atoms. The molecule has 0 aromatic carbocycles. The molecule has 2 bridgehead atoms. The fourth-order valence-corrected chi connectivity index (χ4v) is 4.20. The highest BCUT2D eigenvalue weighted by Crippen LogP contribution is 2.73. The van der Waals surface area contributed by atoms with Crippen LogP contribution >= 0.6 is 0 Å².